The van der Waals surface area contributed by atoms with Crippen LogP contribution in [0.5, 0.6) is 5.75 Å². The first-order valence-electron chi connectivity index (χ1n) is 7.81. The van der Waals surface area contributed by atoms with Crippen molar-refractivity contribution < 1.29 is 19.3 Å². The van der Waals surface area contributed by atoms with E-state index in [2.05, 4.69) is 0 Å². The van der Waals surface area contributed by atoms with Gasteiger partial charge in [-0.25, -0.2) is 0 Å². The van der Waals surface area contributed by atoms with Crippen molar-refractivity contribution in [1.82, 2.24) is 0 Å². The van der Waals surface area contributed by atoms with Crippen molar-refractivity contribution in [1.29, 1.82) is 0 Å². The molecule has 3 rings (SSSR count). The summed E-state index contributed by atoms with van der Waals surface area (Å²) >= 11 is 0. The lowest BCUT2D eigenvalue weighted by Gasteiger charge is -2.23. The molecule has 0 aromatic heterocycles. The molecule has 1 saturated heterocycles. The summed E-state index contributed by atoms with van der Waals surface area (Å²) in [5.74, 6) is 0.795. The normalized spacial score (nSPS) is 17.5. The van der Waals surface area contributed by atoms with Gasteiger partial charge in [-0.15, -0.1) is 0 Å². The molecule has 2 aromatic rings. The number of aliphatic hydroxyl groups is 1. The van der Waals surface area contributed by atoms with Crippen LogP contribution in [0.15, 0.2) is 42.5 Å². The zero-order chi connectivity index (χ0) is 15.2. The molecule has 0 spiro atoms. The average molecular weight is 302 g/mol. The lowest BCUT2D eigenvalue weighted by molar-refractivity contribution is -0.0658. The first-order valence-corrected chi connectivity index (χ1v) is 7.81. The fourth-order valence-electron chi connectivity index (χ4n) is 2.65. The lowest BCUT2D eigenvalue weighted by Crippen LogP contribution is -2.30. The molecule has 118 valence electrons. The van der Waals surface area contributed by atoms with Gasteiger partial charge in [0.25, 0.3) is 0 Å². The molecule has 1 heterocycles. The van der Waals surface area contributed by atoms with Crippen LogP contribution in [0.1, 0.15) is 12.8 Å². The van der Waals surface area contributed by atoms with Crippen molar-refractivity contribution in [3.8, 4) is 5.75 Å². The third-order valence-electron chi connectivity index (χ3n) is 3.87. The SMILES string of the molecule is O[C@H](COc1cccc2ccccc12)COC1CCOCC1. The smallest absolute Gasteiger partial charge is 0.127 e. The summed E-state index contributed by atoms with van der Waals surface area (Å²) < 4.78 is 16.8. The number of benzene rings is 2. The second-order valence-corrected chi connectivity index (χ2v) is 5.59. The van der Waals surface area contributed by atoms with Crippen molar-refractivity contribution in [3.05, 3.63) is 42.5 Å². The van der Waals surface area contributed by atoms with Gasteiger partial charge in [0.1, 0.15) is 18.5 Å². The molecular formula is C18H22O4. The Bertz CT molecular complexity index is 587. The molecule has 0 bridgehead atoms. The highest BCUT2D eigenvalue weighted by atomic mass is 16.5. The molecule has 0 aliphatic carbocycles. The van der Waals surface area contributed by atoms with E-state index in [1.54, 1.807) is 0 Å². The molecule has 0 saturated carbocycles. The highest BCUT2D eigenvalue weighted by Crippen LogP contribution is 2.25. The van der Waals surface area contributed by atoms with E-state index in [9.17, 15) is 5.11 Å². The molecule has 1 atom stereocenters. The van der Waals surface area contributed by atoms with Gasteiger partial charge in [-0.1, -0.05) is 36.4 Å². The first kappa shape index (κ1) is 15.3. The van der Waals surface area contributed by atoms with Crippen molar-refractivity contribution in [3.63, 3.8) is 0 Å². The van der Waals surface area contributed by atoms with E-state index in [1.807, 2.05) is 42.5 Å². The van der Waals surface area contributed by atoms with Crippen LogP contribution in [-0.2, 0) is 9.47 Å². The molecule has 0 radical (unpaired) electrons. The molecule has 22 heavy (non-hydrogen) atoms. The lowest BCUT2D eigenvalue weighted by atomic mass is 10.1. The number of aliphatic hydroxyl groups excluding tert-OH is 1. The van der Waals surface area contributed by atoms with Gasteiger partial charge in [0, 0.05) is 18.6 Å². The Morgan fingerprint density at radius 2 is 1.82 bits per heavy atom. The van der Waals surface area contributed by atoms with Crippen LogP contribution in [0.3, 0.4) is 0 Å². The molecule has 2 aromatic carbocycles. The van der Waals surface area contributed by atoms with Crippen LogP contribution >= 0.6 is 0 Å². The van der Waals surface area contributed by atoms with Crippen LogP contribution in [0.25, 0.3) is 10.8 Å². The summed E-state index contributed by atoms with van der Waals surface area (Å²) in [6.45, 7) is 2.02. The van der Waals surface area contributed by atoms with Gasteiger partial charge in [0.05, 0.1) is 12.7 Å². The van der Waals surface area contributed by atoms with E-state index in [1.165, 1.54) is 0 Å². The fourth-order valence-corrected chi connectivity index (χ4v) is 2.65. The van der Waals surface area contributed by atoms with Crippen LogP contribution in [0.4, 0.5) is 0 Å². The van der Waals surface area contributed by atoms with E-state index in [-0.39, 0.29) is 12.7 Å². The fraction of sp³-hybridized carbons (Fsp3) is 0.444. The molecule has 1 N–H and O–H groups in total. The van der Waals surface area contributed by atoms with Crippen LogP contribution in [0, 0.1) is 0 Å². The average Bonchev–Trinajstić information content (AvgIpc) is 2.59. The van der Waals surface area contributed by atoms with Gasteiger partial charge in [0.2, 0.25) is 0 Å². The second-order valence-electron chi connectivity index (χ2n) is 5.59. The molecular weight excluding hydrogens is 280 g/mol. The Morgan fingerprint density at radius 3 is 2.68 bits per heavy atom. The maximum Gasteiger partial charge on any atom is 0.127 e. The van der Waals surface area contributed by atoms with Crippen molar-refractivity contribution in [2.75, 3.05) is 26.4 Å². The van der Waals surface area contributed by atoms with Gasteiger partial charge in [-0.2, -0.15) is 0 Å². The summed E-state index contributed by atoms with van der Waals surface area (Å²) in [5, 5.41) is 12.2. The minimum atomic E-state index is -0.623. The standard InChI is InChI=1S/C18H22O4/c19-15(12-21-16-8-10-20-11-9-16)13-22-18-7-3-5-14-4-1-2-6-17(14)18/h1-7,15-16,19H,8-13H2/t15-/m0/s1. The molecule has 4 heteroatoms. The molecule has 1 aliphatic rings. The number of fused-ring (bicyclic) bond motifs is 1. The Morgan fingerprint density at radius 1 is 1.05 bits per heavy atom. The van der Waals surface area contributed by atoms with Gasteiger partial charge >= 0.3 is 0 Å². The van der Waals surface area contributed by atoms with Crippen LogP contribution in [-0.4, -0.2) is 43.7 Å². The quantitative estimate of drug-likeness (QED) is 0.891. The third kappa shape index (κ3) is 3.97. The van der Waals surface area contributed by atoms with Gasteiger partial charge in [-0.05, 0) is 24.3 Å². The third-order valence-corrected chi connectivity index (χ3v) is 3.87. The molecule has 0 amide bonds. The summed E-state index contributed by atoms with van der Waals surface area (Å²) in [6, 6.07) is 14.0. The summed E-state index contributed by atoms with van der Waals surface area (Å²) in [5.41, 5.74) is 0. The molecule has 1 aliphatic heterocycles. The van der Waals surface area contributed by atoms with Crippen molar-refractivity contribution >= 4 is 10.8 Å². The van der Waals surface area contributed by atoms with E-state index < -0.39 is 6.10 Å². The monoisotopic (exact) mass is 302 g/mol. The number of hydrogen-bond donors (Lipinski definition) is 1. The minimum absolute atomic E-state index is 0.195. The summed E-state index contributed by atoms with van der Waals surface area (Å²) in [4.78, 5) is 0. The zero-order valence-corrected chi connectivity index (χ0v) is 12.6. The van der Waals surface area contributed by atoms with E-state index in [0.717, 1.165) is 42.6 Å². The van der Waals surface area contributed by atoms with Crippen molar-refractivity contribution in [2.45, 2.75) is 25.0 Å². The number of ether oxygens (including phenoxy) is 3. The highest BCUT2D eigenvalue weighted by molar-refractivity contribution is 5.88. The Balaban J connectivity index is 1.50. The molecule has 1 fully saturated rings. The Hall–Kier alpha value is -1.62. The second kappa shape index (κ2) is 7.58. The largest absolute Gasteiger partial charge is 0.490 e. The van der Waals surface area contributed by atoms with Gasteiger partial charge in [0.15, 0.2) is 0 Å². The van der Waals surface area contributed by atoms with Gasteiger partial charge in [-0.3, -0.25) is 0 Å². The maximum absolute atomic E-state index is 10.0. The number of rotatable bonds is 6. The Kier molecular flexibility index (Phi) is 5.27. The van der Waals surface area contributed by atoms with Gasteiger partial charge < -0.3 is 19.3 Å². The Labute approximate surface area is 130 Å². The first-order chi connectivity index (χ1) is 10.8. The maximum atomic E-state index is 10.0. The topological polar surface area (TPSA) is 47.9 Å². The zero-order valence-electron chi connectivity index (χ0n) is 12.6. The van der Waals surface area contributed by atoms with E-state index >= 15 is 0 Å². The summed E-state index contributed by atoms with van der Waals surface area (Å²) in [7, 11) is 0. The minimum Gasteiger partial charge on any atom is -0.490 e. The highest BCUT2D eigenvalue weighted by Gasteiger charge is 2.16. The predicted molar refractivity (Wildman–Crippen MR) is 85.2 cm³/mol. The van der Waals surface area contributed by atoms with E-state index in [4.69, 9.17) is 14.2 Å². The van der Waals surface area contributed by atoms with Crippen LogP contribution < -0.4 is 4.74 Å². The predicted octanol–water partition coefficient (Wildman–Crippen LogP) is 2.78. The summed E-state index contributed by atoms with van der Waals surface area (Å²) in [6.07, 6.45) is 1.37. The van der Waals surface area contributed by atoms with E-state index in [0.29, 0.717) is 6.61 Å². The van der Waals surface area contributed by atoms with Crippen molar-refractivity contribution in [2.24, 2.45) is 0 Å². The molecule has 0 unspecified atom stereocenters. The molecule has 4 nitrogen and oxygen atoms in total. The van der Waals surface area contributed by atoms with Crippen LogP contribution in [0.2, 0.25) is 0 Å². The number of hydrogen-bond acceptors (Lipinski definition) is 4.